The van der Waals surface area contributed by atoms with Gasteiger partial charge in [-0.1, -0.05) is 12.1 Å². The number of ether oxygens (including phenoxy) is 1. The van der Waals surface area contributed by atoms with Crippen LogP contribution in [-0.2, 0) is 9.84 Å². The molecule has 9 heteroatoms. The molecule has 0 saturated carbocycles. The van der Waals surface area contributed by atoms with E-state index in [1.54, 1.807) is 19.1 Å². The van der Waals surface area contributed by atoms with E-state index in [-0.39, 0.29) is 10.5 Å². The molecule has 140 valence electrons. The van der Waals surface area contributed by atoms with E-state index >= 15 is 0 Å². The second-order valence-corrected chi connectivity index (χ2v) is 7.62. The van der Waals surface area contributed by atoms with E-state index in [4.69, 9.17) is 0 Å². The molecule has 0 aromatic heterocycles. The molecule has 1 N–H and O–H groups in total. The summed E-state index contributed by atoms with van der Waals surface area (Å²) in [6.45, 7) is 1.70. The minimum Gasteiger partial charge on any atom is -0.406 e. The summed E-state index contributed by atoms with van der Waals surface area (Å²) in [6, 6.07) is 10.2. The second kappa shape index (κ2) is 7.36. The molecule has 0 unspecified atom stereocenters. The smallest absolute Gasteiger partial charge is 0.406 e. The van der Waals surface area contributed by atoms with Crippen LogP contribution in [0.15, 0.2) is 53.4 Å². The lowest BCUT2D eigenvalue weighted by molar-refractivity contribution is -0.274. The number of benzene rings is 2. The molecular formula is C17H16F3NO4S. The molecule has 2 rings (SSSR count). The Morgan fingerprint density at radius 2 is 1.58 bits per heavy atom. The SMILES string of the molecule is C[C@@H](NC(=O)c1ccc(OC(F)(F)F)cc1)c1ccc(S(C)(=O)=O)cc1. The van der Waals surface area contributed by atoms with Gasteiger partial charge in [-0.15, -0.1) is 13.2 Å². The van der Waals surface area contributed by atoms with E-state index in [9.17, 15) is 26.4 Å². The van der Waals surface area contributed by atoms with Crippen molar-refractivity contribution in [1.82, 2.24) is 5.32 Å². The van der Waals surface area contributed by atoms with Crippen molar-refractivity contribution in [2.75, 3.05) is 6.26 Å². The van der Waals surface area contributed by atoms with Crippen LogP contribution in [0.3, 0.4) is 0 Å². The van der Waals surface area contributed by atoms with Crippen molar-refractivity contribution >= 4 is 15.7 Å². The number of amides is 1. The van der Waals surface area contributed by atoms with Gasteiger partial charge in [-0.25, -0.2) is 8.42 Å². The van der Waals surface area contributed by atoms with Gasteiger partial charge in [0.25, 0.3) is 5.91 Å². The molecule has 5 nitrogen and oxygen atoms in total. The molecule has 0 radical (unpaired) electrons. The Hall–Kier alpha value is -2.55. The van der Waals surface area contributed by atoms with E-state index in [2.05, 4.69) is 10.1 Å². The van der Waals surface area contributed by atoms with Gasteiger partial charge < -0.3 is 10.1 Å². The minimum absolute atomic E-state index is 0.166. The number of hydrogen-bond donors (Lipinski definition) is 1. The first-order chi connectivity index (χ1) is 12.0. The van der Waals surface area contributed by atoms with Crippen molar-refractivity contribution in [3.05, 3.63) is 59.7 Å². The van der Waals surface area contributed by atoms with E-state index in [0.717, 1.165) is 18.4 Å². The van der Waals surface area contributed by atoms with Gasteiger partial charge in [-0.2, -0.15) is 0 Å². The molecule has 0 bridgehead atoms. The van der Waals surface area contributed by atoms with Crippen molar-refractivity contribution in [3.8, 4) is 5.75 Å². The summed E-state index contributed by atoms with van der Waals surface area (Å²) in [5, 5.41) is 2.69. The molecule has 0 aliphatic heterocycles. The third kappa shape index (κ3) is 5.48. The average Bonchev–Trinajstić information content (AvgIpc) is 2.53. The van der Waals surface area contributed by atoms with Crippen LogP contribution in [0.1, 0.15) is 28.9 Å². The lowest BCUT2D eigenvalue weighted by Crippen LogP contribution is -2.26. The minimum atomic E-state index is -4.80. The zero-order chi connectivity index (χ0) is 19.5. The molecule has 1 amide bonds. The van der Waals surface area contributed by atoms with Crippen LogP contribution in [0.25, 0.3) is 0 Å². The molecule has 0 heterocycles. The molecule has 2 aromatic carbocycles. The number of rotatable bonds is 5. The predicted octanol–water partition coefficient (Wildman–Crippen LogP) is 3.48. The van der Waals surface area contributed by atoms with E-state index in [1.807, 2.05) is 0 Å². The third-order valence-electron chi connectivity index (χ3n) is 3.51. The number of halogens is 3. The maximum Gasteiger partial charge on any atom is 0.573 e. The normalized spacial score (nSPS) is 13.1. The maximum absolute atomic E-state index is 12.2. The summed E-state index contributed by atoms with van der Waals surface area (Å²) >= 11 is 0. The zero-order valence-corrected chi connectivity index (χ0v) is 14.7. The summed E-state index contributed by atoms with van der Waals surface area (Å²) in [6.07, 6.45) is -3.70. The number of alkyl halides is 3. The van der Waals surface area contributed by atoms with Crippen LogP contribution < -0.4 is 10.1 Å². The van der Waals surface area contributed by atoms with Gasteiger partial charge in [-0.05, 0) is 48.9 Å². The van der Waals surface area contributed by atoms with Crippen molar-refractivity contribution in [2.45, 2.75) is 24.2 Å². The number of carbonyl (C=O) groups excluding carboxylic acids is 1. The van der Waals surface area contributed by atoms with Gasteiger partial charge in [0.05, 0.1) is 10.9 Å². The lowest BCUT2D eigenvalue weighted by atomic mass is 10.1. The molecular weight excluding hydrogens is 371 g/mol. The molecule has 0 aliphatic carbocycles. The molecule has 0 spiro atoms. The van der Waals surface area contributed by atoms with Crippen LogP contribution in [-0.4, -0.2) is 26.9 Å². The summed E-state index contributed by atoms with van der Waals surface area (Å²) in [5.74, 6) is -0.901. The van der Waals surface area contributed by atoms with Crippen molar-refractivity contribution in [3.63, 3.8) is 0 Å². The second-order valence-electron chi connectivity index (χ2n) is 5.61. The molecule has 2 aromatic rings. The highest BCUT2D eigenvalue weighted by Crippen LogP contribution is 2.23. The number of carbonyl (C=O) groups is 1. The Bertz CT molecular complexity index is 876. The van der Waals surface area contributed by atoms with E-state index < -0.39 is 33.9 Å². The highest BCUT2D eigenvalue weighted by molar-refractivity contribution is 7.90. The fourth-order valence-electron chi connectivity index (χ4n) is 2.17. The Morgan fingerprint density at radius 1 is 1.04 bits per heavy atom. The summed E-state index contributed by atoms with van der Waals surface area (Å²) in [4.78, 5) is 12.3. The molecule has 0 aliphatic rings. The Kier molecular flexibility index (Phi) is 5.60. The quantitative estimate of drug-likeness (QED) is 0.853. The highest BCUT2D eigenvalue weighted by atomic mass is 32.2. The fraction of sp³-hybridized carbons (Fsp3) is 0.235. The highest BCUT2D eigenvalue weighted by Gasteiger charge is 2.31. The third-order valence-corrected chi connectivity index (χ3v) is 4.63. The standard InChI is InChI=1S/C17H16F3NO4S/c1-11(12-5-9-15(10-6-12)26(2,23)24)21-16(22)13-3-7-14(8-4-13)25-17(18,19)20/h3-11H,1-2H3,(H,21,22)/t11-/m1/s1. The van der Waals surface area contributed by atoms with Crippen LogP contribution in [0, 0.1) is 0 Å². The molecule has 0 fully saturated rings. The largest absolute Gasteiger partial charge is 0.573 e. The topological polar surface area (TPSA) is 72.5 Å². The number of hydrogen-bond acceptors (Lipinski definition) is 4. The fourth-order valence-corrected chi connectivity index (χ4v) is 2.81. The van der Waals surface area contributed by atoms with Gasteiger partial charge in [0.1, 0.15) is 5.75 Å². The van der Waals surface area contributed by atoms with Gasteiger partial charge in [0, 0.05) is 11.8 Å². The van der Waals surface area contributed by atoms with E-state index in [1.165, 1.54) is 24.3 Å². The average molecular weight is 387 g/mol. The Balaban J connectivity index is 2.04. The summed E-state index contributed by atoms with van der Waals surface area (Å²) in [7, 11) is -3.31. The molecule has 0 saturated heterocycles. The predicted molar refractivity (Wildman–Crippen MR) is 88.6 cm³/mol. The summed E-state index contributed by atoms with van der Waals surface area (Å²) in [5.41, 5.74) is 0.849. The van der Waals surface area contributed by atoms with Crippen LogP contribution in [0.5, 0.6) is 5.75 Å². The Morgan fingerprint density at radius 3 is 2.04 bits per heavy atom. The summed E-state index contributed by atoms with van der Waals surface area (Å²) < 4.78 is 63.0. The number of sulfone groups is 1. The van der Waals surface area contributed by atoms with Crippen molar-refractivity contribution in [2.24, 2.45) is 0 Å². The zero-order valence-electron chi connectivity index (χ0n) is 13.9. The first kappa shape index (κ1) is 19.8. The monoisotopic (exact) mass is 387 g/mol. The van der Waals surface area contributed by atoms with E-state index in [0.29, 0.717) is 5.56 Å². The first-order valence-corrected chi connectivity index (χ1v) is 9.31. The van der Waals surface area contributed by atoms with Gasteiger partial charge in [0.2, 0.25) is 0 Å². The molecule has 26 heavy (non-hydrogen) atoms. The van der Waals surface area contributed by atoms with Crippen LogP contribution in [0.4, 0.5) is 13.2 Å². The maximum atomic E-state index is 12.2. The number of nitrogens with one attached hydrogen (secondary N) is 1. The lowest BCUT2D eigenvalue weighted by Gasteiger charge is -2.15. The van der Waals surface area contributed by atoms with Crippen LogP contribution in [0.2, 0.25) is 0 Å². The van der Waals surface area contributed by atoms with Gasteiger partial charge >= 0.3 is 6.36 Å². The van der Waals surface area contributed by atoms with Crippen molar-refractivity contribution in [1.29, 1.82) is 0 Å². The van der Waals surface area contributed by atoms with Gasteiger partial charge in [-0.3, -0.25) is 4.79 Å². The van der Waals surface area contributed by atoms with Gasteiger partial charge in [0.15, 0.2) is 9.84 Å². The first-order valence-electron chi connectivity index (χ1n) is 7.42. The van der Waals surface area contributed by atoms with Crippen molar-refractivity contribution < 1.29 is 31.1 Å². The van der Waals surface area contributed by atoms with Crippen LogP contribution >= 0.6 is 0 Å². The Labute approximate surface area is 148 Å². The molecule has 1 atom stereocenters.